The molecule has 0 aliphatic heterocycles. The van der Waals surface area contributed by atoms with Crippen LogP contribution in [0.2, 0.25) is 0 Å². The molecule has 0 saturated heterocycles. The molecular formula is C8H8BrNO5. The third-order valence-electron chi connectivity index (χ3n) is 1.64. The fourth-order valence-corrected chi connectivity index (χ4v) is 1.38. The number of halogens is 1. The van der Waals surface area contributed by atoms with Gasteiger partial charge in [-0.1, -0.05) is 5.16 Å². The molecular weight excluding hydrogens is 270 g/mol. The van der Waals surface area contributed by atoms with Crippen molar-refractivity contribution in [3.05, 3.63) is 15.9 Å². The van der Waals surface area contributed by atoms with Gasteiger partial charge in [-0.25, -0.2) is 4.79 Å². The van der Waals surface area contributed by atoms with Crippen LogP contribution < -0.4 is 0 Å². The number of nitrogens with zero attached hydrogens (tertiary/aromatic N) is 1. The maximum atomic E-state index is 11.3. The van der Waals surface area contributed by atoms with Gasteiger partial charge in [0, 0.05) is 0 Å². The molecule has 0 aliphatic carbocycles. The smallest absolute Gasteiger partial charge is 0.344 e. The molecule has 0 bridgehead atoms. The van der Waals surface area contributed by atoms with Crippen LogP contribution in [-0.2, 0) is 20.7 Å². The summed E-state index contributed by atoms with van der Waals surface area (Å²) in [6, 6.07) is 0. The van der Waals surface area contributed by atoms with E-state index in [1.807, 2.05) is 0 Å². The monoisotopic (exact) mass is 277 g/mol. The summed E-state index contributed by atoms with van der Waals surface area (Å²) < 4.78 is 13.9. The summed E-state index contributed by atoms with van der Waals surface area (Å²) in [6.07, 6.45) is -0.167. The van der Waals surface area contributed by atoms with Crippen molar-refractivity contribution in [1.82, 2.24) is 5.16 Å². The summed E-state index contributed by atoms with van der Waals surface area (Å²) in [6.45, 7) is 0. The fraction of sp³-hybridized carbons (Fsp3) is 0.375. The lowest BCUT2D eigenvalue weighted by molar-refractivity contribution is -0.140. The number of hydrogen-bond donors (Lipinski definition) is 0. The number of rotatable bonds is 3. The van der Waals surface area contributed by atoms with E-state index in [0.717, 1.165) is 0 Å². The molecule has 0 radical (unpaired) electrons. The van der Waals surface area contributed by atoms with Crippen molar-refractivity contribution in [3.8, 4) is 0 Å². The first kappa shape index (κ1) is 11.7. The van der Waals surface area contributed by atoms with Crippen LogP contribution in [0.4, 0.5) is 0 Å². The molecule has 0 atom stereocenters. The van der Waals surface area contributed by atoms with Gasteiger partial charge < -0.3 is 14.0 Å². The highest BCUT2D eigenvalue weighted by molar-refractivity contribution is 9.10. The Balaban J connectivity index is 2.98. The van der Waals surface area contributed by atoms with Gasteiger partial charge in [-0.05, 0) is 15.9 Å². The van der Waals surface area contributed by atoms with Gasteiger partial charge in [0.15, 0.2) is 10.4 Å². The lowest BCUT2D eigenvalue weighted by atomic mass is 10.2. The normalized spacial score (nSPS) is 9.80. The van der Waals surface area contributed by atoms with E-state index in [2.05, 4.69) is 30.6 Å². The summed E-state index contributed by atoms with van der Waals surface area (Å²) in [4.78, 5) is 22.3. The Kier molecular flexibility index (Phi) is 3.84. The highest BCUT2D eigenvalue weighted by atomic mass is 79.9. The van der Waals surface area contributed by atoms with Crippen molar-refractivity contribution in [2.45, 2.75) is 6.42 Å². The summed E-state index contributed by atoms with van der Waals surface area (Å²) in [5.74, 6) is -1.04. The minimum Gasteiger partial charge on any atom is -0.469 e. The summed E-state index contributed by atoms with van der Waals surface area (Å²) in [5.41, 5.74) is 0.0999. The van der Waals surface area contributed by atoms with Crippen molar-refractivity contribution in [2.75, 3.05) is 14.2 Å². The largest absolute Gasteiger partial charge is 0.469 e. The molecule has 7 heteroatoms. The van der Waals surface area contributed by atoms with Gasteiger partial charge in [0.25, 0.3) is 0 Å². The fourth-order valence-electron chi connectivity index (χ4n) is 0.926. The molecule has 6 nitrogen and oxygen atoms in total. The van der Waals surface area contributed by atoms with Gasteiger partial charge in [-0.3, -0.25) is 4.79 Å². The molecule has 0 N–H and O–H groups in total. The van der Waals surface area contributed by atoms with Crippen LogP contribution in [0.3, 0.4) is 0 Å². The van der Waals surface area contributed by atoms with Gasteiger partial charge in [-0.2, -0.15) is 0 Å². The van der Waals surface area contributed by atoms with Gasteiger partial charge >= 0.3 is 11.9 Å². The molecule has 1 aromatic heterocycles. The van der Waals surface area contributed by atoms with Crippen LogP contribution in [0.1, 0.15) is 16.1 Å². The number of esters is 2. The van der Waals surface area contributed by atoms with Gasteiger partial charge in [0.05, 0.1) is 14.2 Å². The maximum Gasteiger partial charge on any atom is 0.344 e. The Bertz CT molecular complexity index is 386. The van der Waals surface area contributed by atoms with Gasteiger partial charge in [0.1, 0.15) is 12.0 Å². The van der Waals surface area contributed by atoms with Crippen LogP contribution in [0, 0.1) is 0 Å². The number of aromatic nitrogens is 1. The quantitative estimate of drug-likeness (QED) is 0.765. The lowest BCUT2D eigenvalue weighted by Crippen LogP contribution is -2.09. The molecule has 15 heavy (non-hydrogen) atoms. The van der Waals surface area contributed by atoms with Crippen molar-refractivity contribution >= 4 is 27.9 Å². The van der Waals surface area contributed by atoms with E-state index < -0.39 is 11.9 Å². The molecule has 1 rings (SSSR count). The summed E-state index contributed by atoms with van der Waals surface area (Å²) >= 11 is 3.01. The predicted molar refractivity (Wildman–Crippen MR) is 51.3 cm³/mol. The van der Waals surface area contributed by atoms with E-state index >= 15 is 0 Å². The van der Waals surface area contributed by atoms with Crippen LogP contribution >= 0.6 is 15.9 Å². The maximum absolute atomic E-state index is 11.3. The van der Waals surface area contributed by atoms with Crippen LogP contribution in [-0.4, -0.2) is 31.3 Å². The molecule has 1 aromatic rings. The third kappa shape index (κ3) is 2.56. The van der Waals surface area contributed by atoms with Gasteiger partial charge in [0.2, 0.25) is 0 Å². The number of ether oxygens (including phenoxy) is 2. The number of methoxy groups -OCH3 is 2. The Hall–Kier alpha value is -1.37. The Morgan fingerprint density at radius 3 is 2.60 bits per heavy atom. The van der Waals surface area contributed by atoms with Crippen molar-refractivity contribution in [3.63, 3.8) is 0 Å². The first-order valence-electron chi connectivity index (χ1n) is 3.89. The van der Waals surface area contributed by atoms with Gasteiger partial charge in [-0.15, -0.1) is 0 Å². The highest BCUT2D eigenvalue weighted by Gasteiger charge is 2.24. The van der Waals surface area contributed by atoms with Crippen LogP contribution in [0.15, 0.2) is 9.13 Å². The molecule has 1 heterocycles. The zero-order valence-electron chi connectivity index (χ0n) is 8.07. The standard InChI is InChI=1S/C8H8BrNO5/c1-13-5(11)3-4-6(8(12)14-2)7(9)10-15-4/h3H2,1-2H3. The highest BCUT2D eigenvalue weighted by Crippen LogP contribution is 2.21. The molecule has 0 aliphatic rings. The minimum atomic E-state index is -0.623. The van der Waals surface area contributed by atoms with Crippen molar-refractivity contribution in [2.24, 2.45) is 0 Å². The first-order chi connectivity index (χ1) is 7.10. The molecule has 0 saturated carbocycles. The predicted octanol–water partition coefficient (Wildman–Crippen LogP) is 0.939. The Morgan fingerprint density at radius 2 is 2.07 bits per heavy atom. The molecule has 0 aromatic carbocycles. The second-order valence-electron chi connectivity index (χ2n) is 2.52. The average Bonchev–Trinajstić information content (AvgIpc) is 2.58. The molecule has 0 amide bonds. The summed E-state index contributed by atoms with van der Waals surface area (Å²) in [7, 11) is 2.47. The van der Waals surface area contributed by atoms with Crippen molar-refractivity contribution in [1.29, 1.82) is 0 Å². The minimum absolute atomic E-state index is 0.0999. The summed E-state index contributed by atoms with van der Waals surface area (Å²) in [5, 5.41) is 3.51. The number of carbonyl (C=O) groups excluding carboxylic acids is 2. The zero-order valence-corrected chi connectivity index (χ0v) is 9.66. The van der Waals surface area contributed by atoms with Crippen LogP contribution in [0.25, 0.3) is 0 Å². The Morgan fingerprint density at radius 1 is 1.40 bits per heavy atom. The second kappa shape index (κ2) is 4.92. The SMILES string of the molecule is COC(=O)Cc1onc(Br)c1C(=O)OC. The molecule has 0 fully saturated rings. The third-order valence-corrected chi connectivity index (χ3v) is 2.18. The van der Waals surface area contributed by atoms with E-state index in [9.17, 15) is 9.59 Å². The number of hydrogen-bond acceptors (Lipinski definition) is 6. The zero-order chi connectivity index (χ0) is 11.4. The first-order valence-corrected chi connectivity index (χ1v) is 4.68. The van der Waals surface area contributed by atoms with E-state index in [4.69, 9.17) is 4.52 Å². The average molecular weight is 278 g/mol. The molecule has 82 valence electrons. The molecule has 0 spiro atoms. The van der Waals surface area contributed by atoms with E-state index in [-0.39, 0.29) is 22.3 Å². The van der Waals surface area contributed by atoms with E-state index in [1.165, 1.54) is 14.2 Å². The Labute approximate surface area is 93.6 Å². The van der Waals surface area contributed by atoms with Crippen molar-refractivity contribution < 1.29 is 23.6 Å². The van der Waals surface area contributed by atoms with Crippen LogP contribution in [0.5, 0.6) is 0 Å². The molecule has 0 unspecified atom stereocenters. The lowest BCUT2D eigenvalue weighted by Gasteiger charge is -1.98. The van der Waals surface area contributed by atoms with E-state index in [1.54, 1.807) is 0 Å². The second-order valence-corrected chi connectivity index (χ2v) is 3.27. The number of carbonyl (C=O) groups is 2. The van der Waals surface area contributed by atoms with E-state index in [0.29, 0.717) is 0 Å². The topological polar surface area (TPSA) is 78.6 Å².